The molecule has 1 aromatic heterocycles. The topological polar surface area (TPSA) is 67.0 Å². The molecule has 0 bridgehead atoms. The third-order valence-electron chi connectivity index (χ3n) is 4.84. The highest BCUT2D eigenvalue weighted by Gasteiger charge is 2.17. The Hall–Kier alpha value is -3.25. The highest BCUT2D eigenvalue weighted by Crippen LogP contribution is 2.25. The third kappa shape index (κ3) is 4.66. The van der Waals surface area contributed by atoms with E-state index in [0.717, 1.165) is 33.1 Å². The maximum absolute atomic E-state index is 12.8. The van der Waals surface area contributed by atoms with E-state index < -0.39 is 0 Å². The molecule has 0 aliphatic heterocycles. The number of rotatable bonds is 7. The number of aryl methyl sites for hydroxylation is 1. The van der Waals surface area contributed by atoms with Gasteiger partial charge in [0.05, 0.1) is 29.9 Å². The minimum Gasteiger partial charge on any atom is -0.497 e. The quantitative estimate of drug-likeness (QED) is 0.421. The summed E-state index contributed by atoms with van der Waals surface area (Å²) in [4.78, 5) is 20.6. The van der Waals surface area contributed by atoms with Gasteiger partial charge in [0, 0.05) is 0 Å². The van der Waals surface area contributed by atoms with Crippen LogP contribution >= 0.6 is 11.8 Å². The van der Waals surface area contributed by atoms with Crippen molar-refractivity contribution in [1.29, 1.82) is 0 Å². The number of fused-ring (bicyclic) bond motifs is 1. The Kier molecular flexibility index (Phi) is 6.05. The van der Waals surface area contributed by atoms with E-state index in [2.05, 4.69) is 21.4 Å². The lowest BCUT2D eigenvalue weighted by Gasteiger charge is -2.20. The first-order valence-corrected chi connectivity index (χ1v) is 10.7. The van der Waals surface area contributed by atoms with E-state index in [9.17, 15) is 4.79 Å². The number of ether oxygens (including phenoxy) is 1. The fraction of sp³-hybridized carbons (Fsp3) is 0.167. The Bertz CT molecular complexity index is 1140. The number of benzene rings is 3. The minimum absolute atomic E-state index is 0.0543. The maximum Gasteiger partial charge on any atom is 0.231 e. The first-order valence-electron chi connectivity index (χ1n) is 9.70. The van der Waals surface area contributed by atoms with Crippen LogP contribution in [-0.2, 0) is 4.79 Å². The first-order chi connectivity index (χ1) is 14.6. The average molecular weight is 418 g/mol. The molecule has 30 heavy (non-hydrogen) atoms. The molecule has 5 nitrogen and oxygen atoms in total. The molecule has 6 heteroatoms. The fourth-order valence-electron chi connectivity index (χ4n) is 3.31. The zero-order valence-electron chi connectivity index (χ0n) is 16.9. The van der Waals surface area contributed by atoms with Crippen molar-refractivity contribution in [1.82, 2.24) is 15.3 Å². The van der Waals surface area contributed by atoms with Gasteiger partial charge in [-0.1, -0.05) is 60.3 Å². The van der Waals surface area contributed by atoms with Crippen LogP contribution in [0, 0.1) is 6.92 Å². The second-order valence-electron chi connectivity index (χ2n) is 7.04. The van der Waals surface area contributed by atoms with Gasteiger partial charge in [0.2, 0.25) is 5.91 Å². The summed E-state index contributed by atoms with van der Waals surface area (Å²) in [5, 5.41) is 3.90. The Morgan fingerprint density at radius 1 is 1.07 bits per heavy atom. The highest BCUT2D eigenvalue weighted by molar-refractivity contribution is 7.99. The van der Waals surface area contributed by atoms with E-state index in [1.165, 1.54) is 17.3 Å². The molecular formula is C24H23N3O2S. The van der Waals surface area contributed by atoms with E-state index in [4.69, 9.17) is 4.74 Å². The van der Waals surface area contributed by atoms with Crippen molar-refractivity contribution in [3.8, 4) is 5.75 Å². The van der Waals surface area contributed by atoms with Gasteiger partial charge in [-0.3, -0.25) is 4.79 Å². The van der Waals surface area contributed by atoms with Crippen LogP contribution in [0.4, 0.5) is 0 Å². The molecule has 0 unspecified atom stereocenters. The van der Waals surface area contributed by atoms with Gasteiger partial charge >= 0.3 is 0 Å². The number of hydrogen-bond acceptors (Lipinski definition) is 4. The monoisotopic (exact) mass is 417 g/mol. The number of aromatic nitrogens is 2. The van der Waals surface area contributed by atoms with Gasteiger partial charge in [-0.25, -0.2) is 4.98 Å². The average Bonchev–Trinajstić information content (AvgIpc) is 3.19. The molecule has 0 radical (unpaired) electrons. The zero-order valence-corrected chi connectivity index (χ0v) is 17.7. The summed E-state index contributed by atoms with van der Waals surface area (Å²) >= 11 is 1.40. The molecule has 0 saturated heterocycles. The first kappa shape index (κ1) is 20.0. The summed E-state index contributed by atoms with van der Waals surface area (Å²) in [5.74, 6) is 1.01. The lowest BCUT2D eigenvalue weighted by atomic mass is 9.98. The largest absolute Gasteiger partial charge is 0.497 e. The summed E-state index contributed by atoms with van der Waals surface area (Å²) in [6.45, 7) is 2.05. The number of methoxy groups -OCH3 is 1. The van der Waals surface area contributed by atoms with Crippen LogP contribution in [0.2, 0.25) is 0 Å². The van der Waals surface area contributed by atoms with E-state index in [1.54, 1.807) is 7.11 Å². The van der Waals surface area contributed by atoms with Crippen molar-refractivity contribution in [2.75, 3.05) is 12.9 Å². The fourth-order valence-corrected chi connectivity index (χ4v) is 4.00. The van der Waals surface area contributed by atoms with Crippen molar-refractivity contribution >= 4 is 28.7 Å². The number of carbonyl (C=O) groups excluding carboxylic acids is 1. The van der Waals surface area contributed by atoms with Gasteiger partial charge < -0.3 is 15.0 Å². The summed E-state index contributed by atoms with van der Waals surface area (Å²) in [5.41, 5.74) is 5.09. The van der Waals surface area contributed by atoms with Gasteiger partial charge in [0.1, 0.15) is 5.75 Å². The van der Waals surface area contributed by atoms with Crippen LogP contribution in [0.25, 0.3) is 11.0 Å². The molecular weight excluding hydrogens is 394 g/mol. The minimum atomic E-state index is -0.233. The van der Waals surface area contributed by atoms with E-state index in [0.29, 0.717) is 0 Å². The van der Waals surface area contributed by atoms with Gasteiger partial charge in [-0.2, -0.15) is 0 Å². The number of hydrogen-bond donors (Lipinski definition) is 2. The van der Waals surface area contributed by atoms with Crippen LogP contribution in [-0.4, -0.2) is 28.7 Å². The second kappa shape index (κ2) is 9.05. The van der Waals surface area contributed by atoms with Crippen LogP contribution in [0.1, 0.15) is 22.7 Å². The lowest BCUT2D eigenvalue weighted by Crippen LogP contribution is -2.30. The normalized spacial score (nSPS) is 11.9. The zero-order chi connectivity index (χ0) is 20.9. The molecule has 1 atom stereocenters. The third-order valence-corrected chi connectivity index (χ3v) is 5.72. The predicted molar refractivity (Wildman–Crippen MR) is 121 cm³/mol. The van der Waals surface area contributed by atoms with Crippen molar-refractivity contribution in [3.05, 3.63) is 89.5 Å². The Morgan fingerprint density at radius 3 is 2.53 bits per heavy atom. The number of nitrogens with zero attached hydrogens (tertiary/aromatic N) is 1. The lowest BCUT2D eigenvalue weighted by molar-refractivity contribution is -0.119. The van der Waals surface area contributed by atoms with Gasteiger partial charge in [0.15, 0.2) is 5.16 Å². The van der Waals surface area contributed by atoms with Crippen molar-refractivity contribution in [2.24, 2.45) is 0 Å². The summed E-state index contributed by atoms with van der Waals surface area (Å²) in [7, 11) is 1.64. The number of imidazole rings is 1. The van der Waals surface area contributed by atoms with Gasteiger partial charge in [0.25, 0.3) is 0 Å². The molecule has 4 aromatic rings. The number of thioether (sulfide) groups is 1. The van der Waals surface area contributed by atoms with Crippen LogP contribution in [0.5, 0.6) is 5.75 Å². The highest BCUT2D eigenvalue weighted by atomic mass is 32.2. The van der Waals surface area contributed by atoms with Crippen LogP contribution < -0.4 is 10.1 Å². The van der Waals surface area contributed by atoms with Crippen molar-refractivity contribution in [2.45, 2.75) is 18.1 Å². The molecule has 0 aliphatic carbocycles. The molecule has 2 N–H and O–H groups in total. The van der Waals surface area contributed by atoms with E-state index in [-0.39, 0.29) is 17.7 Å². The Balaban J connectivity index is 1.48. The molecule has 0 spiro atoms. The SMILES string of the molecule is COc1ccc([C@H](NC(=O)CSc2nc3ccc(C)cc3[nH]2)c2ccccc2)cc1. The molecule has 1 heterocycles. The van der Waals surface area contributed by atoms with Crippen molar-refractivity contribution < 1.29 is 9.53 Å². The number of H-pyrrole nitrogens is 1. The Labute approximate surface area is 179 Å². The summed E-state index contributed by atoms with van der Waals surface area (Å²) in [6, 6.07) is 23.6. The molecule has 1 amide bonds. The smallest absolute Gasteiger partial charge is 0.231 e. The maximum atomic E-state index is 12.8. The van der Waals surface area contributed by atoms with Crippen LogP contribution in [0.3, 0.4) is 0 Å². The number of aromatic amines is 1. The predicted octanol–water partition coefficient (Wildman–Crippen LogP) is 4.88. The standard InChI is InChI=1S/C24H23N3O2S/c1-16-8-13-20-21(14-16)26-24(25-20)30-15-22(28)27-23(17-6-4-3-5-7-17)18-9-11-19(29-2)12-10-18/h3-14,23H,15H2,1-2H3,(H,25,26)(H,27,28)/t23-/m1/s1. The second-order valence-corrected chi connectivity index (χ2v) is 8.00. The number of carbonyl (C=O) groups is 1. The summed E-state index contributed by atoms with van der Waals surface area (Å²) < 4.78 is 5.25. The molecule has 0 saturated carbocycles. The molecule has 0 aliphatic rings. The summed E-state index contributed by atoms with van der Waals surface area (Å²) in [6.07, 6.45) is 0. The molecule has 3 aromatic carbocycles. The number of nitrogens with one attached hydrogen (secondary N) is 2. The molecule has 0 fully saturated rings. The van der Waals surface area contributed by atoms with E-state index >= 15 is 0 Å². The van der Waals surface area contributed by atoms with Crippen molar-refractivity contribution in [3.63, 3.8) is 0 Å². The molecule has 4 rings (SSSR count). The van der Waals surface area contributed by atoms with Crippen LogP contribution in [0.15, 0.2) is 78.0 Å². The van der Waals surface area contributed by atoms with E-state index in [1.807, 2.05) is 73.7 Å². The van der Waals surface area contributed by atoms with Gasteiger partial charge in [-0.15, -0.1) is 0 Å². The Morgan fingerprint density at radius 2 is 1.80 bits per heavy atom. The van der Waals surface area contributed by atoms with Gasteiger partial charge in [-0.05, 0) is 47.9 Å². The molecule has 152 valence electrons. The number of amides is 1.